The van der Waals surface area contributed by atoms with E-state index in [-0.39, 0.29) is 0 Å². The monoisotopic (exact) mass is 292 g/mol. The van der Waals surface area contributed by atoms with E-state index >= 15 is 0 Å². The third-order valence-corrected chi connectivity index (χ3v) is 5.75. The predicted molar refractivity (Wildman–Crippen MR) is 82.7 cm³/mol. The van der Waals surface area contributed by atoms with Crippen molar-refractivity contribution in [1.29, 1.82) is 0 Å². The van der Waals surface area contributed by atoms with Crippen LogP contribution in [0.2, 0.25) is 0 Å². The third-order valence-electron chi connectivity index (χ3n) is 4.48. The molecule has 0 spiro atoms. The van der Waals surface area contributed by atoms with Crippen molar-refractivity contribution in [3.05, 3.63) is 21.4 Å². The first-order valence-corrected chi connectivity index (χ1v) is 8.91. The van der Waals surface area contributed by atoms with Crippen LogP contribution in [0.3, 0.4) is 0 Å². The second-order valence-corrected chi connectivity index (χ2v) is 7.21. The number of ketones is 1. The molecule has 0 amide bonds. The van der Waals surface area contributed by atoms with E-state index in [4.69, 9.17) is 4.74 Å². The maximum atomic E-state index is 12.3. The lowest BCUT2D eigenvalue weighted by molar-refractivity contribution is 0.0925. The quantitative estimate of drug-likeness (QED) is 0.588. The molecule has 0 bridgehead atoms. The van der Waals surface area contributed by atoms with Crippen molar-refractivity contribution in [2.24, 2.45) is 0 Å². The molecular weight excluding hydrogens is 268 g/mol. The maximum Gasteiger partial charge on any atom is 0.172 e. The molecule has 110 valence electrons. The topological polar surface area (TPSA) is 26.3 Å². The molecule has 1 fully saturated rings. The Morgan fingerprint density at radius 2 is 2.15 bits per heavy atom. The molecule has 2 heterocycles. The van der Waals surface area contributed by atoms with Gasteiger partial charge in [-0.15, -0.1) is 11.3 Å². The van der Waals surface area contributed by atoms with Crippen molar-refractivity contribution < 1.29 is 9.53 Å². The number of ether oxygens (including phenoxy) is 1. The summed E-state index contributed by atoms with van der Waals surface area (Å²) in [6.07, 6.45) is 11.8. The van der Waals surface area contributed by atoms with Crippen molar-refractivity contribution in [3.8, 4) is 0 Å². The summed E-state index contributed by atoms with van der Waals surface area (Å²) in [5.74, 6) is 0.348. The Balaban J connectivity index is 1.51. The number of Topliss-reactive ketones (excluding diaryl/α,β-unsaturated/α-hetero) is 1. The van der Waals surface area contributed by atoms with Gasteiger partial charge in [-0.2, -0.15) is 0 Å². The summed E-state index contributed by atoms with van der Waals surface area (Å²) in [6.45, 7) is 0.913. The van der Waals surface area contributed by atoms with Crippen LogP contribution in [0, 0.1) is 0 Å². The van der Waals surface area contributed by atoms with Gasteiger partial charge in [0.1, 0.15) is 0 Å². The number of hydrogen-bond donors (Lipinski definition) is 0. The number of aryl methyl sites for hydroxylation is 2. The van der Waals surface area contributed by atoms with E-state index < -0.39 is 0 Å². The van der Waals surface area contributed by atoms with Crippen LogP contribution in [-0.2, 0) is 17.6 Å². The molecule has 20 heavy (non-hydrogen) atoms. The fraction of sp³-hybridized carbons (Fsp3) is 0.706. The van der Waals surface area contributed by atoms with E-state index in [1.54, 1.807) is 11.3 Å². The van der Waals surface area contributed by atoms with Crippen LogP contribution >= 0.6 is 11.3 Å². The van der Waals surface area contributed by atoms with Crippen LogP contribution in [0.4, 0.5) is 0 Å². The van der Waals surface area contributed by atoms with Gasteiger partial charge in [0.05, 0.1) is 11.0 Å². The minimum absolute atomic E-state index is 0.348. The van der Waals surface area contributed by atoms with Gasteiger partial charge in [-0.1, -0.05) is 6.42 Å². The number of carbonyl (C=O) groups excluding carboxylic acids is 1. The molecule has 1 aromatic heterocycles. The molecule has 2 aliphatic rings. The van der Waals surface area contributed by atoms with Crippen LogP contribution in [0.1, 0.15) is 71.5 Å². The van der Waals surface area contributed by atoms with E-state index in [1.165, 1.54) is 55.4 Å². The van der Waals surface area contributed by atoms with Crippen molar-refractivity contribution in [2.45, 2.75) is 70.3 Å². The van der Waals surface area contributed by atoms with Crippen molar-refractivity contribution in [3.63, 3.8) is 0 Å². The summed E-state index contributed by atoms with van der Waals surface area (Å²) < 4.78 is 5.61. The van der Waals surface area contributed by atoms with Crippen LogP contribution in [-0.4, -0.2) is 18.5 Å². The van der Waals surface area contributed by atoms with Crippen LogP contribution in [0.25, 0.3) is 0 Å². The zero-order valence-corrected chi connectivity index (χ0v) is 13.0. The van der Waals surface area contributed by atoms with E-state index in [9.17, 15) is 4.79 Å². The first-order chi connectivity index (χ1) is 9.83. The number of rotatable bonds is 5. The zero-order valence-electron chi connectivity index (χ0n) is 12.2. The summed E-state index contributed by atoms with van der Waals surface area (Å²) in [6, 6.07) is 2.18. The lowest BCUT2D eigenvalue weighted by Gasteiger charge is -2.07. The van der Waals surface area contributed by atoms with Gasteiger partial charge in [0.15, 0.2) is 5.78 Å². The summed E-state index contributed by atoms with van der Waals surface area (Å²) >= 11 is 1.76. The molecule has 3 rings (SSSR count). The average Bonchev–Trinajstić information content (AvgIpc) is 3.05. The molecular formula is C17H24O2S. The molecule has 1 saturated heterocycles. The molecule has 0 aromatic carbocycles. The fourth-order valence-electron chi connectivity index (χ4n) is 3.29. The highest BCUT2D eigenvalue weighted by atomic mass is 32.1. The van der Waals surface area contributed by atoms with E-state index in [0.29, 0.717) is 18.3 Å². The van der Waals surface area contributed by atoms with Crippen molar-refractivity contribution >= 4 is 17.1 Å². The third kappa shape index (κ3) is 3.50. The Bertz CT molecular complexity index is 434. The number of carbonyl (C=O) groups is 1. The van der Waals surface area contributed by atoms with Gasteiger partial charge < -0.3 is 4.74 Å². The molecule has 1 atom stereocenters. The number of hydrogen-bond acceptors (Lipinski definition) is 3. The standard InChI is InChI=1S/C17H24O2S/c18-15(9-4-7-14-8-5-11-19-14)17-12-13-6-2-1-3-10-16(13)20-17/h12,14H,1-11H2. The highest BCUT2D eigenvalue weighted by molar-refractivity contribution is 7.14. The lowest BCUT2D eigenvalue weighted by Crippen LogP contribution is -2.06. The normalized spacial score (nSPS) is 22.5. The first-order valence-electron chi connectivity index (χ1n) is 8.09. The minimum Gasteiger partial charge on any atom is -0.378 e. The van der Waals surface area contributed by atoms with Gasteiger partial charge in [0.25, 0.3) is 0 Å². The fourth-order valence-corrected chi connectivity index (χ4v) is 4.51. The molecule has 3 heteroatoms. The number of thiophene rings is 1. The minimum atomic E-state index is 0.348. The SMILES string of the molecule is O=C(CCCC1CCCO1)c1cc2c(s1)CCCCC2. The smallest absolute Gasteiger partial charge is 0.172 e. The number of fused-ring (bicyclic) bond motifs is 1. The van der Waals surface area contributed by atoms with Gasteiger partial charge in [-0.05, 0) is 63.0 Å². The molecule has 1 aromatic rings. The average molecular weight is 292 g/mol. The Hall–Kier alpha value is -0.670. The second kappa shape index (κ2) is 6.86. The Morgan fingerprint density at radius 3 is 3.00 bits per heavy atom. The summed E-state index contributed by atoms with van der Waals surface area (Å²) in [5, 5.41) is 0. The Kier molecular flexibility index (Phi) is 4.90. The second-order valence-electron chi connectivity index (χ2n) is 6.07. The Labute approximate surface area is 125 Å². The van der Waals surface area contributed by atoms with Gasteiger partial charge in [0.2, 0.25) is 0 Å². The molecule has 2 nitrogen and oxygen atoms in total. The van der Waals surface area contributed by atoms with Crippen molar-refractivity contribution in [1.82, 2.24) is 0 Å². The highest BCUT2D eigenvalue weighted by Gasteiger charge is 2.18. The molecule has 1 unspecified atom stereocenters. The summed E-state index contributed by atoms with van der Waals surface area (Å²) in [5.41, 5.74) is 1.45. The molecule has 0 saturated carbocycles. The van der Waals surface area contributed by atoms with Gasteiger partial charge >= 0.3 is 0 Å². The van der Waals surface area contributed by atoms with Crippen LogP contribution < -0.4 is 0 Å². The summed E-state index contributed by atoms with van der Waals surface area (Å²) in [7, 11) is 0. The molecule has 0 N–H and O–H groups in total. The largest absolute Gasteiger partial charge is 0.378 e. The lowest BCUT2D eigenvalue weighted by atomic mass is 10.1. The van der Waals surface area contributed by atoms with E-state index in [0.717, 1.165) is 24.3 Å². The molecule has 1 aliphatic heterocycles. The molecule has 1 aliphatic carbocycles. The predicted octanol–water partition coefficient (Wildman–Crippen LogP) is 4.55. The summed E-state index contributed by atoms with van der Waals surface area (Å²) in [4.78, 5) is 14.8. The van der Waals surface area contributed by atoms with Crippen LogP contribution in [0.5, 0.6) is 0 Å². The van der Waals surface area contributed by atoms with Crippen molar-refractivity contribution in [2.75, 3.05) is 6.61 Å². The first kappa shape index (κ1) is 14.3. The van der Waals surface area contributed by atoms with Gasteiger partial charge in [-0.3, -0.25) is 4.79 Å². The zero-order chi connectivity index (χ0) is 13.8. The maximum absolute atomic E-state index is 12.3. The van der Waals surface area contributed by atoms with E-state index in [2.05, 4.69) is 6.07 Å². The highest BCUT2D eigenvalue weighted by Crippen LogP contribution is 2.30. The van der Waals surface area contributed by atoms with E-state index in [1.807, 2.05) is 0 Å². The van der Waals surface area contributed by atoms with Gasteiger partial charge in [0, 0.05) is 17.9 Å². The molecule has 0 radical (unpaired) electrons. The Morgan fingerprint density at radius 1 is 1.25 bits per heavy atom. The van der Waals surface area contributed by atoms with Crippen LogP contribution in [0.15, 0.2) is 6.07 Å². The van der Waals surface area contributed by atoms with Gasteiger partial charge in [-0.25, -0.2) is 0 Å².